The van der Waals surface area contributed by atoms with Crippen LogP contribution in [0.25, 0.3) is 0 Å². The molecule has 0 aliphatic heterocycles. The molecule has 0 amide bonds. The maximum atomic E-state index is 13.3. The van der Waals surface area contributed by atoms with Crippen molar-refractivity contribution in [2.45, 2.75) is 6.61 Å². The number of nitrogens with two attached hydrogens (primary N) is 1. The number of rotatable bonds is 5. The highest BCUT2D eigenvalue weighted by atomic mass is 79.9. The standard InChI is InChI=1S/C15H13BrFNO2S/c1-19-14-4-9(2-3-13(14)15(18)21)8-20-12-6-10(16)5-11(17)7-12/h2-7H,8H2,1H3,(H2,18,21). The lowest BCUT2D eigenvalue weighted by molar-refractivity contribution is 0.303. The summed E-state index contributed by atoms with van der Waals surface area (Å²) in [7, 11) is 1.55. The van der Waals surface area contributed by atoms with E-state index in [2.05, 4.69) is 15.9 Å². The molecule has 110 valence electrons. The Balaban J connectivity index is 2.14. The maximum absolute atomic E-state index is 13.3. The van der Waals surface area contributed by atoms with E-state index in [9.17, 15) is 4.39 Å². The van der Waals surface area contributed by atoms with E-state index in [0.29, 0.717) is 21.5 Å². The van der Waals surface area contributed by atoms with Gasteiger partial charge in [0.2, 0.25) is 0 Å². The van der Waals surface area contributed by atoms with Crippen LogP contribution in [-0.2, 0) is 6.61 Å². The van der Waals surface area contributed by atoms with Crippen LogP contribution in [0.4, 0.5) is 4.39 Å². The van der Waals surface area contributed by atoms with E-state index in [1.54, 1.807) is 25.3 Å². The number of thiocarbonyl (C=S) groups is 1. The molecule has 0 saturated heterocycles. The Hall–Kier alpha value is -1.66. The van der Waals surface area contributed by atoms with Crippen molar-refractivity contribution in [1.29, 1.82) is 0 Å². The van der Waals surface area contributed by atoms with Crippen molar-refractivity contribution < 1.29 is 13.9 Å². The highest BCUT2D eigenvalue weighted by Crippen LogP contribution is 2.24. The summed E-state index contributed by atoms with van der Waals surface area (Å²) in [6.07, 6.45) is 0. The number of methoxy groups -OCH3 is 1. The molecule has 2 aromatic carbocycles. The van der Waals surface area contributed by atoms with Crippen molar-refractivity contribution in [2.24, 2.45) is 5.73 Å². The van der Waals surface area contributed by atoms with Crippen LogP contribution in [0, 0.1) is 5.82 Å². The van der Waals surface area contributed by atoms with Crippen LogP contribution < -0.4 is 15.2 Å². The molecule has 0 radical (unpaired) electrons. The number of hydrogen-bond donors (Lipinski definition) is 1. The zero-order chi connectivity index (χ0) is 15.4. The highest BCUT2D eigenvalue weighted by Gasteiger charge is 2.08. The Kier molecular flexibility index (Phi) is 5.14. The highest BCUT2D eigenvalue weighted by molar-refractivity contribution is 9.10. The van der Waals surface area contributed by atoms with Crippen LogP contribution in [0.5, 0.6) is 11.5 Å². The monoisotopic (exact) mass is 369 g/mol. The Morgan fingerprint density at radius 1 is 1.29 bits per heavy atom. The van der Waals surface area contributed by atoms with Gasteiger partial charge in [0.25, 0.3) is 0 Å². The second-order valence-electron chi connectivity index (χ2n) is 4.29. The number of ether oxygens (including phenoxy) is 2. The van der Waals surface area contributed by atoms with E-state index in [4.69, 9.17) is 27.4 Å². The fourth-order valence-corrected chi connectivity index (χ4v) is 2.42. The zero-order valence-electron chi connectivity index (χ0n) is 11.2. The van der Waals surface area contributed by atoms with Gasteiger partial charge in [0.15, 0.2) is 0 Å². The summed E-state index contributed by atoms with van der Waals surface area (Å²) in [5, 5.41) is 0. The molecule has 0 spiro atoms. The summed E-state index contributed by atoms with van der Waals surface area (Å²) in [5.41, 5.74) is 7.15. The Morgan fingerprint density at radius 3 is 2.67 bits per heavy atom. The lowest BCUT2D eigenvalue weighted by atomic mass is 10.1. The molecular formula is C15H13BrFNO2S. The lowest BCUT2D eigenvalue weighted by Crippen LogP contribution is -2.11. The largest absolute Gasteiger partial charge is 0.496 e. The Labute approximate surface area is 136 Å². The fraction of sp³-hybridized carbons (Fsp3) is 0.133. The van der Waals surface area contributed by atoms with Gasteiger partial charge in [-0.1, -0.05) is 34.2 Å². The summed E-state index contributed by atoms with van der Waals surface area (Å²) in [5.74, 6) is 0.670. The van der Waals surface area contributed by atoms with Gasteiger partial charge in [-0.2, -0.15) is 0 Å². The fourth-order valence-electron chi connectivity index (χ4n) is 1.81. The van der Waals surface area contributed by atoms with Crippen molar-refractivity contribution in [3.8, 4) is 11.5 Å². The van der Waals surface area contributed by atoms with Crippen LogP contribution in [0.1, 0.15) is 11.1 Å². The summed E-state index contributed by atoms with van der Waals surface area (Å²) in [6, 6.07) is 9.80. The first-order chi connectivity index (χ1) is 9.99. The molecule has 2 rings (SSSR count). The first-order valence-corrected chi connectivity index (χ1v) is 7.25. The van der Waals surface area contributed by atoms with Crippen LogP contribution in [0.3, 0.4) is 0 Å². The average Bonchev–Trinajstić information content (AvgIpc) is 2.43. The van der Waals surface area contributed by atoms with E-state index < -0.39 is 0 Å². The van der Waals surface area contributed by atoms with E-state index in [1.807, 2.05) is 6.07 Å². The molecule has 0 heterocycles. The third-order valence-corrected chi connectivity index (χ3v) is 3.45. The molecule has 2 aromatic rings. The molecule has 21 heavy (non-hydrogen) atoms. The lowest BCUT2D eigenvalue weighted by Gasteiger charge is -2.11. The minimum atomic E-state index is -0.360. The zero-order valence-corrected chi connectivity index (χ0v) is 13.6. The first kappa shape index (κ1) is 15.7. The van der Waals surface area contributed by atoms with Crippen molar-refractivity contribution >= 4 is 33.1 Å². The van der Waals surface area contributed by atoms with Gasteiger partial charge in [-0.15, -0.1) is 0 Å². The number of hydrogen-bond acceptors (Lipinski definition) is 3. The second-order valence-corrected chi connectivity index (χ2v) is 5.65. The van der Waals surface area contributed by atoms with Crippen molar-refractivity contribution in [1.82, 2.24) is 0 Å². The van der Waals surface area contributed by atoms with Gasteiger partial charge in [-0.25, -0.2) is 4.39 Å². The second kappa shape index (κ2) is 6.87. The minimum absolute atomic E-state index is 0.272. The molecule has 0 aromatic heterocycles. The van der Waals surface area contributed by atoms with Gasteiger partial charge < -0.3 is 15.2 Å². The summed E-state index contributed by atoms with van der Waals surface area (Å²) in [4.78, 5) is 0.272. The van der Waals surface area contributed by atoms with Crippen LogP contribution in [0.15, 0.2) is 40.9 Å². The van der Waals surface area contributed by atoms with Crippen molar-refractivity contribution in [2.75, 3.05) is 7.11 Å². The normalized spacial score (nSPS) is 10.2. The number of benzene rings is 2. The minimum Gasteiger partial charge on any atom is -0.496 e. The topological polar surface area (TPSA) is 44.5 Å². The summed E-state index contributed by atoms with van der Waals surface area (Å²) >= 11 is 8.17. The molecule has 0 unspecified atom stereocenters. The molecule has 0 aliphatic carbocycles. The van der Waals surface area contributed by atoms with Gasteiger partial charge in [0.05, 0.1) is 12.7 Å². The smallest absolute Gasteiger partial charge is 0.129 e. The van der Waals surface area contributed by atoms with Gasteiger partial charge in [0, 0.05) is 10.5 Å². The quantitative estimate of drug-likeness (QED) is 0.813. The molecule has 0 aliphatic rings. The molecule has 2 N–H and O–H groups in total. The molecule has 0 atom stereocenters. The van der Waals surface area contributed by atoms with Gasteiger partial charge >= 0.3 is 0 Å². The van der Waals surface area contributed by atoms with Crippen molar-refractivity contribution in [3.63, 3.8) is 0 Å². The first-order valence-electron chi connectivity index (χ1n) is 6.05. The molecular weight excluding hydrogens is 357 g/mol. The van der Waals surface area contributed by atoms with E-state index >= 15 is 0 Å². The maximum Gasteiger partial charge on any atom is 0.129 e. The van der Waals surface area contributed by atoms with Crippen LogP contribution in [-0.4, -0.2) is 12.1 Å². The third-order valence-electron chi connectivity index (χ3n) is 2.77. The van der Waals surface area contributed by atoms with Gasteiger partial charge in [-0.3, -0.25) is 0 Å². The predicted octanol–water partition coefficient (Wildman–Crippen LogP) is 3.81. The molecule has 0 bridgehead atoms. The predicted molar refractivity (Wildman–Crippen MR) is 87.3 cm³/mol. The Bertz CT molecular complexity index is 658. The van der Waals surface area contributed by atoms with E-state index in [-0.39, 0.29) is 17.4 Å². The molecule has 0 saturated carbocycles. The van der Waals surface area contributed by atoms with E-state index in [1.165, 1.54) is 12.1 Å². The number of halogens is 2. The molecule has 3 nitrogen and oxygen atoms in total. The molecule has 0 fully saturated rings. The van der Waals surface area contributed by atoms with Gasteiger partial charge in [-0.05, 0) is 29.8 Å². The summed E-state index contributed by atoms with van der Waals surface area (Å²) < 4.78 is 24.7. The Morgan fingerprint density at radius 2 is 2.05 bits per heavy atom. The summed E-state index contributed by atoms with van der Waals surface area (Å²) in [6.45, 7) is 0.282. The van der Waals surface area contributed by atoms with Crippen LogP contribution >= 0.6 is 28.1 Å². The average molecular weight is 370 g/mol. The van der Waals surface area contributed by atoms with Gasteiger partial charge in [0.1, 0.15) is 28.9 Å². The molecule has 6 heteroatoms. The van der Waals surface area contributed by atoms with Crippen LogP contribution in [0.2, 0.25) is 0 Å². The van der Waals surface area contributed by atoms with E-state index in [0.717, 1.165) is 5.56 Å². The SMILES string of the molecule is COc1cc(COc2cc(F)cc(Br)c2)ccc1C(N)=S. The van der Waals surface area contributed by atoms with Crippen molar-refractivity contribution in [3.05, 3.63) is 57.8 Å². The third kappa shape index (κ3) is 4.15.